The van der Waals surface area contributed by atoms with Gasteiger partial charge in [-0.3, -0.25) is 4.79 Å². The third-order valence-electron chi connectivity index (χ3n) is 4.32. The molecule has 0 radical (unpaired) electrons. The third kappa shape index (κ3) is 4.75. The number of hydrogen-bond donors (Lipinski definition) is 1. The maximum atomic E-state index is 12.1. The lowest BCUT2D eigenvalue weighted by molar-refractivity contribution is -0.122. The molecule has 6 nitrogen and oxygen atoms in total. The molecule has 0 aliphatic rings. The van der Waals surface area contributed by atoms with Crippen molar-refractivity contribution in [3.63, 3.8) is 0 Å². The topological polar surface area (TPSA) is 72.7 Å². The number of aryl methyl sites for hydroxylation is 1. The molecule has 1 unspecified atom stereocenters. The zero-order valence-electron chi connectivity index (χ0n) is 15.1. The Bertz CT molecular complexity index is 842. The van der Waals surface area contributed by atoms with E-state index < -0.39 is 0 Å². The minimum absolute atomic E-state index is 0.0680. The summed E-state index contributed by atoms with van der Waals surface area (Å²) < 4.78 is 0. The van der Waals surface area contributed by atoms with Gasteiger partial charge in [-0.1, -0.05) is 67.1 Å². The van der Waals surface area contributed by atoms with Crippen LogP contribution in [-0.2, 0) is 11.3 Å². The highest BCUT2D eigenvalue weighted by atomic mass is 16.2. The predicted molar refractivity (Wildman–Crippen MR) is 100 cm³/mol. The Labute approximate surface area is 153 Å². The minimum atomic E-state index is -0.113. The van der Waals surface area contributed by atoms with E-state index in [4.69, 9.17) is 0 Å². The van der Waals surface area contributed by atoms with Gasteiger partial charge in [0.2, 0.25) is 11.7 Å². The maximum Gasteiger partial charge on any atom is 0.243 e. The van der Waals surface area contributed by atoms with Crippen LogP contribution in [0.15, 0.2) is 54.6 Å². The van der Waals surface area contributed by atoms with Gasteiger partial charge in [-0.05, 0) is 30.0 Å². The smallest absolute Gasteiger partial charge is 0.243 e. The molecule has 134 valence electrons. The van der Waals surface area contributed by atoms with Crippen LogP contribution in [0.4, 0.5) is 0 Å². The maximum absolute atomic E-state index is 12.1. The first-order valence-electron chi connectivity index (χ1n) is 8.78. The van der Waals surface area contributed by atoms with Gasteiger partial charge in [0.25, 0.3) is 0 Å². The number of tetrazole rings is 1. The van der Waals surface area contributed by atoms with Crippen LogP contribution in [0.25, 0.3) is 11.4 Å². The van der Waals surface area contributed by atoms with Crippen molar-refractivity contribution in [3.8, 4) is 11.4 Å². The van der Waals surface area contributed by atoms with E-state index in [1.54, 1.807) is 0 Å². The molecule has 1 atom stereocenters. The molecule has 1 aromatic heterocycles. The second-order valence-corrected chi connectivity index (χ2v) is 6.46. The van der Waals surface area contributed by atoms with E-state index in [9.17, 15) is 4.79 Å². The van der Waals surface area contributed by atoms with Gasteiger partial charge in [0.1, 0.15) is 6.54 Å². The number of rotatable bonds is 7. The Morgan fingerprint density at radius 2 is 1.85 bits per heavy atom. The first-order valence-corrected chi connectivity index (χ1v) is 8.78. The highest BCUT2D eigenvalue weighted by Crippen LogP contribution is 2.17. The van der Waals surface area contributed by atoms with E-state index in [-0.39, 0.29) is 12.5 Å². The van der Waals surface area contributed by atoms with Crippen LogP contribution in [-0.4, -0.2) is 32.7 Å². The van der Waals surface area contributed by atoms with Gasteiger partial charge in [0.05, 0.1) is 0 Å². The summed E-state index contributed by atoms with van der Waals surface area (Å²) in [6, 6.07) is 18.2. The summed E-state index contributed by atoms with van der Waals surface area (Å²) in [6.07, 6.45) is 0.884. The first-order chi connectivity index (χ1) is 12.6. The van der Waals surface area contributed by atoms with Crippen molar-refractivity contribution >= 4 is 5.91 Å². The number of benzene rings is 2. The van der Waals surface area contributed by atoms with Gasteiger partial charge in [0.15, 0.2) is 0 Å². The van der Waals surface area contributed by atoms with Crippen molar-refractivity contribution < 1.29 is 4.79 Å². The molecule has 0 spiro atoms. The molecule has 3 aromatic rings. The van der Waals surface area contributed by atoms with Gasteiger partial charge in [-0.25, -0.2) is 0 Å². The third-order valence-corrected chi connectivity index (χ3v) is 4.32. The lowest BCUT2D eigenvalue weighted by atomic mass is 9.98. The summed E-state index contributed by atoms with van der Waals surface area (Å²) >= 11 is 0. The van der Waals surface area contributed by atoms with Crippen molar-refractivity contribution in [2.75, 3.05) is 6.54 Å². The number of nitrogens with zero attached hydrogens (tertiary/aromatic N) is 4. The first kappa shape index (κ1) is 17.8. The monoisotopic (exact) mass is 349 g/mol. The molecule has 1 amide bonds. The molecule has 6 heteroatoms. The Morgan fingerprint density at radius 1 is 1.12 bits per heavy atom. The number of carbonyl (C=O) groups excluding carboxylic acids is 1. The molecule has 0 aliphatic heterocycles. The van der Waals surface area contributed by atoms with Crippen molar-refractivity contribution in [1.82, 2.24) is 25.5 Å². The molecule has 2 aromatic carbocycles. The van der Waals surface area contributed by atoms with Crippen LogP contribution < -0.4 is 5.32 Å². The number of aromatic nitrogens is 4. The van der Waals surface area contributed by atoms with Gasteiger partial charge in [-0.15, -0.1) is 10.2 Å². The number of amides is 1. The van der Waals surface area contributed by atoms with Crippen LogP contribution in [0, 0.1) is 6.92 Å². The van der Waals surface area contributed by atoms with Crippen molar-refractivity contribution in [2.24, 2.45) is 0 Å². The standard InChI is InChI=1S/C20H23N5O/c1-15-8-10-18(11-9-15)20-22-24-25(23-20)14-19(26)21-13-12-16(2)17-6-4-3-5-7-17/h3-11,16H,12-14H2,1-2H3,(H,21,26). The quantitative estimate of drug-likeness (QED) is 0.712. The van der Waals surface area contributed by atoms with Gasteiger partial charge >= 0.3 is 0 Å². The molecule has 0 saturated heterocycles. The lowest BCUT2D eigenvalue weighted by Crippen LogP contribution is -2.29. The second-order valence-electron chi connectivity index (χ2n) is 6.46. The molecule has 26 heavy (non-hydrogen) atoms. The summed E-state index contributed by atoms with van der Waals surface area (Å²) in [5, 5.41) is 15.2. The SMILES string of the molecule is Cc1ccc(-c2nnn(CC(=O)NCCC(C)c3ccccc3)n2)cc1. The van der Waals surface area contributed by atoms with E-state index in [0.29, 0.717) is 18.3 Å². The Hall–Kier alpha value is -3.02. The zero-order valence-corrected chi connectivity index (χ0v) is 15.1. The van der Waals surface area contributed by atoms with Crippen LogP contribution in [0.1, 0.15) is 30.4 Å². The Balaban J connectivity index is 1.47. The van der Waals surface area contributed by atoms with Gasteiger partial charge in [0, 0.05) is 12.1 Å². The number of hydrogen-bond acceptors (Lipinski definition) is 4. The van der Waals surface area contributed by atoms with E-state index in [2.05, 4.69) is 39.8 Å². The Kier molecular flexibility index (Phi) is 5.73. The van der Waals surface area contributed by atoms with Crippen LogP contribution >= 0.6 is 0 Å². The highest BCUT2D eigenvalue weighted by Gasteiger charge is 2.10. The van der Waals surface area contributed by atoms with E-state index >= 15 is 0 Å². The average molecular weight is 349 g/mol. The zero-order chi connectivity index (χ0) is 18.4. The van der Waals surface area contributed by atoms with E-state index in [1.807, 2.05) is 49.4 Å². The second kappa shape index (κ2) is 8.38. The molecule has 1 N–H and O–H groups in total. The molecule has 0 fully saturated rings. The summed E-state index contributed by atoms with van der Waals surface area (Å²) in [6.45, 7) is 4.87. The normalized spacial score (nSPS) is 11.9. The van der Waals surface area contributed by atoms with Crippen molar-refractivity contribution in [1.29, 1.82) is 0 Å². The largest absolute Gasteiger partial charge is 0.354 e. The summed E-state index contributed by atoms with van der Waals surface area (Å²) in [7, 11) is 0. The van der Waals surface area contributed by atoms with Gasteiger partial charge in [-0.2, -0.15) is 4.80 Å². The summed E-state index contributed by atoms with van der Waals surface area (Å²) in [5.74, 6) is 0.808. The highest BCUT2D eigenvalue weighted by molar-refractivity contribution is 5.75. The molecule has 1 heterocycles. The Morgan fingerprint density at radius 3 is 2.58 bits per heavy atom. The number of nitrogens with one attached hydrogen (secondary N) is 1. The van der Waals surface area contributed by atoms with Crippen LogP contribution in [0.5, 0.6) is 0 Å². The van der Waals surface area contributed by atoms with Gasteiger partial charge < -0.3 is 5.32 Å². The number of carbonyl (C=O) groups is 1. The van der Waals surface area contributed by atoms with E-state index in [1.165, 1.54) is 15.9 Å². The molecule has 3 rings (SSSR count). The summed E-state index contributed by atoms with van der Waals surface area (Å²) in [4.78, 5) is 13.4. The molecular weight excluding hydrogens is 326 g/mol. The summed E-state index contributed by atoms with van der Waals surface area (Å²) in [5.41, 5.74) is 3.34. The molecule has 0 bridgehead atoms. The predicted octanol–water partition coefficient (Wildman–Crippen LogP) is 2.96. The lowest BCUT2D eigenvalue weighted by Gasteiger charge is -2.12. The molecule has 0 aliphatic carbocycles. The van der Waals surface area contributed by atoms with Crippen molar-refractivity contribution in [2.45, 2.75) is 32.7 Å². The molecular formula is C20H23N5O. The fourth-order valence-electron chi connectivity index (χ4n) is 2.69. The minimum Gasteiger partial charge on any atom is -0.354 e. The van der Waals surface area contributed by atoms with Crippen molar-refractivity contribution in [3.05, 3.63) is 65.7 Å². The fraction of sp³-hybridized carbons (Fsp3) is 0.300. The molecule has 0 saturated carbocycles. The van der Waals surface area contributed by atoms with Crippen LogP contribution in [0.2, 0.25) is 0 Å². The average Bonchev–Trinajstić information content (AvgIpc) is 3.11. The fourth-order valence-corrected chi connectivity index (χ4v) is 2.69. The van der Waals surface area contributed by atoms with E-state index in [0.717, 1.165) is 12.0 Å². The van der Waals surface area contributed by atoms with Crippen LogP contribution in [0.3, 0.4) is 0 Å².